The van der Waals surface area contributed by atoms with Gasteiger partial charge in [-0.1, -0.05) is 18.2 Å². The van der Waals surface area contributed by atoms with Crippen LogP contribution in [0.3, 0.4) is 0 Å². The Hall–Kier alpha value is -2.68. The molecular formula is C15H13F3N6. The number of fused-ring (bicyclic) bond motifs is 2. The summed E-state index contributed by atoms with van der Waals surface area (Å²) in [5.74, 6) is -0.809. The lowest BCUT2D eigenvalue weighted by Gasteiger charge is -2.08. The molecule has 9 heteroatoms. The summed E-state index contributed by atoms with van der Waals surface area (Å²) in [6.45, 7) is 2.17. The summed E-state index contributed by atoms with van der Waals surface area (Å²) in [7, 11) is 0. The van der Waals surface area contributed by atoms with Crippen LogP contribution in [-0.4, -0.2) is 19.8 Å². The second-order valence-electron chi connectivity index (χ2n) is 5.57. The highest BCUT2D eigenvalue weighted by Crippen LogP contribution is 2.27. The van der Waals surface area contributed by atoms with Gasteiger partial charge in [0.1, 0.15) is 5.82 Å². The number of alkyl halides is 3. The van der Waals surface area contributed by atoms with Gasteiger partial charge in [-0.2, -0.15) is 17.7 Å². The van der Waals surface area contributed by atoms with E-state index in [0.717, 1.165) is 18.7 Å². The Labute approximate surface area is 134 Å². The fraction of sp³-hybridized carbons (Fsp3) is 0.267. The average Bonchev–Trinajstić information content (AvgIpc) is 3.17. The molecule has 0 unspecified atom stereocenters. The van der Waals surface area contributed by atoms with Crippen molar-refractivity contribution in [3.8, 4) is 0 Å². The molecule has 0 spiro atoms. The van der Waals surface area contributed by atoms with Gasteiger partial charge in [-0.05, 0) is 28.8 Å². The predicted octanol–water partition coefficient (Wildman–Crippen LogP) is 2.36. The molecule has 124 valence electrons. The van der Waals surface area contributed by atoms with Gasteiger partial charge in [0, 0.05) is 19.6 Å². The van der Waals surface area contributed by atoms with E-state index in [4.69, 9.17) is 0 Å². The highest BCUT2D eigenvalue weighted by atomic mass is 19.4. The molecule has 1 aliphatic heterocycles. The molecule has 1 aromatic carbocycles. The van der Waals surface area contributed by atoms with Crippen LogP contribution >= 0.6 is 0 Å². The zero-order valence-electron chi connectivity index (χ0n) is 12.4. The maximum atomic E-state index is 12.9. The molecule has 1 aliphatic rings. The number of nitrogens with zero attached hydrogens (tertiary/aromatic N) is 4. The van der Waals surface area contributed by atoms with Gasteiger partial charge in [0.2, 0.25) is 0 Å². The first-order valence-electron chi connectivity index (χ1n) is 7.36. The van der Waals surface area contributed by atoms with Crippen molar-refractivity contribution < 1.29 is 13.2 Å². The lowest BCUT2D eigenvalue weighted by atomic mass is 10.1. The van der Waals surface area contributed by atoms with E-state index in [-0.39, 0.29) is 5.65 Å². The SMILES string of the molecule is FC(F)(F)c1nnc2ccc(NCc3ccc4c(c3)CNC4)nn12. The maximum absolute atomic E-state index is 12.9. The number of halogens is 3. The van der Waals surface area contributed by atoms with E-state index in [1.54, 1.807) is 6.07 Å². The third kappa shape index (κ3) is 2.67. The Morgan fingerprint density at radius 3 is 2.75 bits per heavy atom. The molecule has 0 atom stereocenters. The van der Waals surface area contributed by atoms with Crippen LogP contribution in [0.4, 0.5) is 19.0 Å². The second kappa shape index (κ2) is 5.45. The van der Waals surface area contributed by atoms with E-state index in [0.29, 0.717) is 16.9 Å². The third-order valence-corrected chi connectivity index (χ3v) is 3.89. The zero-order chi connectivity index (χ0) is 16.7. The summed E-state index contributed by atoms with van der Waals surface area (Å²) in [5, 5.41) is 16.9. The third-order valence-electron chi connectivity index (χ3n) is 3.89. The van der Waals surface area contributed by atoms with Crippen LogP contribution in [0.1, 0.15) is 22.5 Å². The molecular weight excluding hydrogens is 321 g/mol. The standard InChI is InChI=1S/C15H13F3N6/c16-15(17,18)14-22-21-13-4-3-12(23-24(13)14)20-6-9-1-2-10-7-19-8-11(10)5-9/h1-5,19H,6-8H2,(H,20,23). The van der Waals surface area contributed by atoms with E-state index >= 15 is 0 Å². The number of hydrogen-bond acceptors (Lipinski definition) is 5. The molecule has 3 aromatic rings. The van der Waals surface area contributed by atoms with Gasteiger partial charge in [0.05, 0.1) is 0 Å². The minimum Gasteiger partial charge on any atom is -0.365 e. The normalized spacial score (nSPS) is 14.1. The smallest absolute Gasteiger partial charge is 0.365 e. The van der Waals surface area contributed by atoms with Crippen LogP contribution in [0.2, 0.25) is 0 Å². The van der Waals surface area contributed by atoms with Crippen molar-refractivity contribution in [2.45, 2.75) is 25.8 Å². The van der Waals surface area contributed by atoms with E-state index < -0.39 is 12.0 Å². The van der Waals surface area contributed by atoms with Crippen LogP contribution in [-0.2, 0) is 25.8 Å². The van der Waals surface area contributed by atoms with Gasteiger partial charge in [-0.25, -0.2) is 0 Å². The summed E-state index contributed by atoms with van der Waals surface area (Å²) in [6.07, 6.45) is -4.60. The quantitative estimate of drug-likeness (QED) is 0.770. The van der Waals surface area contributed by atoms with Crippen LogP contribution in [0.15, 0.2) is 30.3 Å². The van der Waals surface area contributed by atoms with Crippen molar-refractivity contribution in [3.63, 3.8) is 0 Å². The summed E-state index contributed by atoms with van der Waals surface area (Å²) < 4.78 is 39.3. The first kappa shape index (κ1) is 14.9. The van der Waals surface area contributed by atoms with Gasteiger partial charge in [0.15, 0.2) is 5.65 Å². The van der Waals surface area contributed by atoms with Crippen LogP contribution in [0.25, 0.3) is 5.65 Å². The Kier molecular flexibility index (Phi) is 3.38. The van der Waals surface area contributed by atoms with E-state index in [1.165, 1.54) is 17.2 Å². The molecule has 0 radical (unpaired) electrons. The van der Waals surface area contributed by atoms with E-state index in [2.05, 4.69) is 38.1 Å². The van der Waals surface area contributed by atoms with Crippen molar-refractivity contribution in [1.29, 1.82) is 0 Å². The lowest BCUT2D eigenvalue weighted by Crippen LogP contribution is -2.13. The number of aromatic nitrogens is 4. The first-order chi connectivity index (χ1) is 11.5. The van der Waals surface area contributed by atoms with E-state index in [1.807, 2.05) is 6.07 Å². The highest BCUT2D eigenvalue weighted by Gasteiger charge is 2.37. The molecule has 0 saturated carbocycles. The van der Waals surface area contributed by atoms with Crippen molar-refractivity contribution >= 4 is 11.5 Å². The number of hydrogen-bond donors (Lipinski definition) is 2. The number of benzene rings is 1. The van der Waals surface area contributed by atoms with Crippen molar-refractivity contribution in [2.24, 2.45) is 0 Å². The largest absolute Gasteiger partial charge is 0.453 e. The molecule has 24 heavy (non-hydrogen) atoms. The number of nitrogens with one attached hydrogen (secondary N) is 2. The Bertz CT molecular complexity index is 902. The first-order valence-corrected chi connectivity index (χ1v) is 7.36. The fourth-order valence-electron chi connectivity index (χ4n) is 2.71. The molecule has 6 nitrogen and oxygen atoms in total. The predicted molar refractivity (Wildman–Crippen MR) is 80.1 cm³/mol. The minimum atomic E-state index is -4.60. The maximum Gasteiger partial charge on any atom is 0.453 e. The van der Waals surface area contributed by atoms with Crippen LogP contribution < -0.4 is 10.6 Å². The molecule has 2 aromatic heterocycles. The summed E-state index contributed by atoms with van der Waals surface area (Å²) in [4.78, 5) is 0. The van der Waals surface area contributed by atoms with Gasteiger partial charge in [-0.15, -0.1) is 15.3 Å². The molecule has 0 bridgehead atoms. The minimum absolute atomic E-state index is 0.0523. The van der Waals surface area contributed by atoms with Gasteiger partial charge >= 0.3 is 6.18 Å². The molecule has 4 rings (SSSR count). The fourth-order valence-corrected chi connectivity index (χ4v) is 2.71. The van der Waals surface area contributed by atoms with Gasteiger partial charge in [0.25, 0.3) is 5.82 Å². The Morgan fingerprint density at radius 1 is 1.08 bits per heavy atom. The zero-order valence-corrected chi connectivity index (χ0v) is 12.4. The molecule has 0 amide bonds. The van der Waals surface area contributed by atoms with Crippen molar-refractivity contribution in [2.75, 3.05) is 5.32 Å². The summed E-state index contributed by atoms with van der Waals surface area (Å²) in [6, 6.07) is 9.17. The molecule has 3 heterocycles. The van der Waals surface area contributed by atoms with Gasteiger partial charge in [-0.3, -0.25) is 0 Å². The van der Waals surface area contributed by atoms with Crippen LogP contribution in [0, 0.1) is 0 Å². The topological polar surface area (TPSA) is 67.1 Å². The number of anilines is 1. The Balaban J connectivity index is 1.56. The van der Waals surface area contributed by atoms with E-state index in [9.17, 15) is 13.2 Å². The van der Waals surface area contributed by atoms with Gasteiger partial charge < -0.3 is 10.6 Å². The van der Waals surface area contributed by atoms with Crippen molar-refractivity contribution in [3.05, 3.63) is 52.8 Å². The molecule has 2 N–H and O–H groups in total. The highest BCUT2D eigenvalue weighted by molar-refractivity contribution is 5.45. The Morgan fingerprint density at radius 2 is 1.92 bits per heavy atom. The summed E-state index contributed by atoms with van der Waals surface area (Å²) in [5.41, 5.74) is 3.61. The molecule has 0 fully saturated rings. The monoisotopic (exact) mass is 334 g/mol. The molecule has 0 saturated heterocycles. The molecule has 0 aliphatic carbocycles. The van der Waals surface area contributed by atoms with Crippen LogP contribution in [0.5, 0.6) is 0 Å². The van der Waals surface area contributed by atoms with Crippen molar-refractivity contribution in [1.82, 2.24) is 25.1 Å². The number of rotatable bonds is 3. The average molecular weight is 334 g/mol. The summed E-state index contributed by atoms with van der Waals surface area (Å²) >= 11 is 0. The lowest BCUT2D eigenvalue weighted by molar-refractivity contribution is -0.146. The second-order valence-corrected chi connectivity index (χ2v) is 5.57.